The predicted octanol–water partition coefficient (Wildman–Crippen LogP) is 3.46. The van der Waals surface area contributed by atoms with Gasteiger partial charge in [-0.1, -0.05) is 6.07 Å². The highest BCUT2D eigenvalue weighted by atomic mass is 32.2. The maximum absolute atomic E-state index is 8.43. The van der Waals surface area contributed by atoms with Crippen molar-refractivity contribution >= 4 is 11.8 Å². The molecule has 86 valence electrons. The molecule has 0 aliphatic rings. The van der Waals surface area contributed by atoms with Crippen LogP contribution in [-0.2, 0) is 6.42 Å². The summed E-state index contributed by atoms with van der Waals surface area (Å²) in [5.74, 6) is 1.86. The molecule has 0 bridgehead atoms. The summed E-state index contributed by atoms with van der Waals surface area (Å²) in [7, 11) is 1.70. The van der Waals surface area contributed by atoms with Gasteiger partial charge in [0, 0.05) is 5.75 Å². The van der Waals surface area contributed by atoms with Crippen molar-refractivity contribution in [1.29, 1.82) is 5.26 Å². The van der Waals surface area contributed by atoms with Crippen LogP contribution in [0.25, 0.3) is 0 Å². The van der Waals surface area contributed by atoms with Gasteiger partial charge in [0.1, 0.15) is 11.2 Å². The molecule has 0 heterocycles. The summed E-state index contributed by atoms with van der Waals surface area (Å²) >= 11 is 1.33. The Morgan fingerprint density at radius 3 is 2.69 bits per heavy atom. The molecule has 0 amide bonds. The number of ether oxygens (including phenoxy) is 1. The molecular weight excluding hydrogens is 218 g/mol. The van der Waals surface area contributed by atoms with E-state index in [4.69, 9.17) is 10.00 Å². The van der Waals surface area contributed by atoms with Crippen LogP contribution in [0.5, 0.6) is 5.75 Å². The summed E-state index contributed by atoms with van der Waals surface area (Å²) in [6.45, 7) is 4.21. The molecular formula is C13H17NOS. The first kappa shape index (κ1) is 12.9. The van der Waals surface area contributed by atoms with E-state index in [2.05, 4.69) is 25.3 Å². The molecule has 0 aliphatic heterocycles. The van der Waals surface area contributed by atoms with E-state index in [1.54, 1.807) is 7.11 Å². The van der Waals surface area contributed by atoms with E-state index in [1.807, 2.05) is 6.07 Å². The zero-order valence-corrected chi connectivity index (χ0v) is 10.9. The van der Waals surface area contributed by atoms with Gasteiger partial charge in [0.05, 0.1) is 7.11 Å². The zero-order chi connectivity index (χ0) is 12.0. The van der Waals surface area contributed by atoms with Crippen molar-refractivity contribution in [2.75, 3.05) is 12.9 Å². The van der Waals surface area contributed by atoms with Crippen molar-refractivity contribution < 1.29 is 4.74 Å². The Morgan fingerprint density at radius 1 is 1.31 bits per heavy atom. The number of benzene rings is 1. The first-order chi connectivity index (χ1) is 7.70. The fourth-order valence-electron chi connectivity index (χ4n) is 1.72. The lowest BCUT2D eigenvalue weighted by Crippen LogP contribution is -1.96. The molecule has 0 atom stereocenters. The summed E-state index contributed by atoms with van der Waals surface area (Å²) in [6, 6.07) is 4.15. The Bertz CT molecular complexity index is 396. The minimum Gasteiger partial charge on any atom is -0.496 e. The van der Waals surface area contributed by atoms with Gasteiger partial charge in [-0.25, -0.2) is 0 Å². The lowest BCUT2D eigenvalue weighted by Gasteiger charge is -2.12. The van der Waals surface area contributed by atoms with Gasteiger partial charge >= 0.3 is 0 Å². The minimum atomic E-state index is 0.904. The molecule has 0 unspecified atom stereocenters. The van der Waals surface area contributed by atoms with Gasteiger partial charge in [-0.15, -0.1) is 0 Å². The normalized spacial score (nSPS) is 9.88. The lowest BCUT2D eigenvalue weighted by molar-refractivity contribution is 0.411. The number of nitriles is 1. The van der Waals surface area contributed by atoms with E-state index in [9.17, 15) is 0 Å². The van der Waals surface area contributed by atoms with Crippen LogP contribution in [0.4, 0.5) is 0 Å². The van der Waals surface area contributed by atoms with Crippen molar-refractivity contribution in [3.05, 3.63) is 28.8 Å². The Kier molecular flexibility index (Phi) is 5.21. The van der Waals surface area contributed by atoms with Crippen LogP contribution in [0.15, 0.2) is 12.1 Å². The van der Waals surface area contributed by atoms with Gasteiger partial charge in [0.2, 0.25) is 0 Å². The van der Waals surface area contributed by atoms with Crippen molar-refractivity contribution in [2.45, 2.75) is 26.7 Å². The molecule has 0 aromatic heterocycles. The fraction of sp³-hybridized carbons (Fsp3) is 0.462. The molecule has 16 heavy (non-hydrogen) atoms. The number of hydrogen-bond donors (Lipinski definition) is 0. The topological polar surface area (TPSA) is 33.0 Å². The van der Waals surface area contributed by atoms with Crippen LogP contribution >= 0.6 is 11.8 Å². The molecule has 0 fully saturated rings. The molecule has 1 aromatic rings. The maximum atomic E-state index is 8.43. The fourth-order valence-corrected chi connectivity index (χ4v) is 2.10. The smallest absolute Gasteiger partial charge is 0.133 e. The van der Waals surface area contributed by atoms with Gasteiger partial charge < -0.3 is 4.74 Å². The third kappa shape index (κ3) is 3.18. The Labute approximate surface area is 102 Å². The van der Waals surface area contributed by atoms with Gasteiger partial charge in [-0.2, -0.15) is 5.26 Å². The van der Waals surface area contributed by atoms with Crippen LogP contribution < -0.4 is 4.74 Å². The average molecular weight is 235 g/mol. The first-order valence-corrected chi connectivity index (χ1v) is 6.33. The van der Waals surface area contributed by atoms with Crippen LogP contribution in [0.2, 0.25) is 0 Å². The Balaban J connectivity index is 2.68. The zero-order valence-electron chi connectivity index (χ0n) is 10.0. The number of thioether (sulfide) groups is 1. The largest absolute Gasteiger partial charge is 0.496 e. The molecule has 1 rings (SSSR count). The summed E-state index contributed by atoms with van der Waals surface area (Å²) in [5.41, 5.74) is 3.88. The lowest BCUT2D eigenvalue weighted by atomic mass is 9.99. The van der Waals surface area contributed by atoms with Gasteiger partial charge in [-0.05, 0) is 61.2 Å². The number of rotatable bonds is 5. The molecule has 3 heteroatoms. The Hall–Kier alpha value is -1.14. The van der Waals surface area contributed by atoms with E-state index >= 15 is 0 Å². The van der Waals surface area contributed by atoms with Gasteiger partial charge in [0.15, 0.2) is 0 Å². The molecule has 0 N–H and O–H groups in total. The molecule has 1 aromatic carbocycles. The minimum absolute atomic E-state index is 0.904. The van der Waals surface area contributed by atoms with Crippen LogP contribution in [-0.4, -0.2) is 12.9 Å². The second kappa shape index (κ2) is 6.44. The monoisotopic (exact) mass is 235 g/mol. The first-order valence-electron chi connectivity index (χ1n) is 5.34. The van der Waals surface area contributed by atoms with Gasteiger partial charge in [-0.3, -0.25) is 0 Å². The molecule has 2 nitrogen and oxygen atoms in total. The highest BCUT2D eigenvalue weighted by molar-refractivity contribution is 8.03. The third-order valence-electron chi connectivity index (χ3n) is 2.83. The van der Waals surface area contributed by atoms with Gasteiger partial charge in [0.25, 0.3) is 0 Å². The SMILES string of the molecule is COc1ccc(CCCSC#N)c(C)c1C. The predicted molar refractivity (Wildman–Crippen MR) is 68.9 cm³/mol. The van der Waals surface area contributed by atoms with Crippen molar-refractivity contribution in [3.63, 3.8) is 0 Å². The molecule has 0 radical (unpaired) electrons. The van der Waals surface area contributed by atoms with Crippen LogP contribution in [0.3, 0.4) is 0 Å². The molecule has 0 spiro atoms. The summed E-state index contributed by atoms with van der Waals surface area (Å²) in [6.07, 6.45) is 2.08. The maximum Gasteiger partial charge on any atom is 0.133 e. The van der Waals surface area contributed by atoms with Crippen molar-refractivity contribution in [1.82, 2.24) is 0 Å². The summed E-state index contributed by atoms with van der Waals surface area (Å²) in [5, 5.41) is 10.5. The number of thiocyanates is 1. The van der Waals surface area contributed by atoms with Crippen LogP contribution in [0, 0.1) is 24.5 Å². The number of methoxy groups -OCH3 is 1. The third-order valence-corrected chi connectivity index (χ3v) is 3.45. The van der Waals surface area contributed by atoms with Crippen LogP contribution in [0.1, 0.15) is 23.1 Å². The van der Waals surface area contributed by atoms with E-state index in [-0.39, 0.29) is 0 Å². The highest BCUT2D eigenvalue weighted by Gasteiger charge is 2.06. The average Bonchev–Trinajstić information content (AvgIpc) is 2.30. The second-order valence-electron chi connectivity index (χ2n) is 3.72. The van der Waals surface area contributed by atoms with Crippen molar-refractivity contribution in [3.8, 4) is 11.2 Å². The second-order valence-corrected chi connectivity index (χ2v) is 4.60. The van der Waals surface area contributed by atoms with Crippen molar-refractivity contribution in [2.24, 2.45) is 0 Å². The Morgan fingerprint density at radius 2 is 2.06 bits per heavy atom. The standard InChI is InChI=1S/C13H17NOS/c1-10-11(2)13(15-3)7-6-12(10)5-4-8-16-9-14/h6-7H,4-5,8H2,1-3H3. The number of nitrogens with zero attached hydrogens (tertiary/aromatic N) is 1. The van der Waals surface area contributed by atoms with E-state index in [0.717, 1.165) is 24.3 Å². The number of aryl methyl sites for hydroxylation is 1. The quantitative estimate of drug-likeness (QED) is 0.579. The van der Waals surface area contributed by atoms with E-state index < -0.39 is 0 Å². The highest BCUT2D eigenvalue weighted by Crippen LogP contribution is 2.24. The molecule has 0 saturated heterocycles. The van der Waals surface area contributed by atoms with E-state index in [0.29, 0.717) is 0 Å². The summed E-state index contributed by atoms with van der Waals surface area (Å²) in [4.78, 5) is 0. The number of hydrogen-bond acceptors (Lipinski definition) is 3. The summed E-state index contributed by atoms with van der Waals surface area (Å²) < 4.78 is 5.28. The van der Waals surface area contributed by atoms with E-state index in [1.165, 1.54) is 28.5 Å². The molecule has 0 aliphatic carbocycles. The molecule has 0 saturated carbocycles.